The molecule has 5 heteroatoms. The zero-order valence-electron chi connectivity index (χ0n) is 11.1. The summed E-state index contributed by atoms with van der Waals surface area (Å²) >= 11 is 2.06. The van der Waals surface area contributed by atoms with E-state index in [4.69, 9.17) is 0 Å². The van der Waals surface area contributed by atoms with Crippen LogP contribution >= 0.6 is 22.6 Å². The van der Waals surface area contributed by atoms with E-state index in [0.29, 0.717) is 5.56 Å². The molecular weight excluding hydrogens is 381 g/mol. The second-order valence-corrected chi connectivity index (χ2v) is 5.70. The Morgan fingerprint density at radius 2 is 1.67 bits per heavy atom. The molecule has 2 aromatic rings. The van der Waals surface area contributed by atoms with E-state index >= 15 is 0 Å². The van der Waals surface area contributed by atoms with Crippen LogP contribution in [0.1, 0.15) is 15.9 Å². The van der Waals surface area contributed by atoms with Gasteiger partial charge in [-0.1, -0.05) is 42.5 Å². The molecule has 0 fully saturated rings. The Bertz CT molecular complexity index is 643. The number of hydrogen-bond acceptors (Lipinski definition) is 2. The summed E-state index contributed by atoms with van der Waals surface area (Å²) in [5, 5.41) is 11.9. The molecule has 0 aliphatic carbocycles. The number of carboxylic acids is 1. The van der Waals surface area contributed by atoms with Gasteiger partial charge >= 0.3 is 5.97 Å². The number of carbonyl (C=O) groups is 2. The molecule has 0 spiro atoms. The summed E-state index contributed by atoms with van der Waals surface area (Å²) in [5.74, 6) is -1.42. The van der Waals surface area contributed by atoms with Gasteiger partial charge in [0, 0.05) is 9.99 Å². The van der Waals surface area contributed by atoms with Crippen LogP contribution in [-0.2, 0) is 11.2 Å². The monoisotopic (exact) mass is 395 g/mol. The minimum atomic E-state index is -1.04. The predicted molar refractivity (Wildman–Crippen MR) is 88.2 cm³/mol. The number of halogens is 1. The first kappa shape index (κ1) is 15.5. The van der Waals surface area contributed by atoms with Crippen molar-refractivity contribution < 1.29 is 14.7 Å². The van der Waals surface area contributed by atoms with Gasteiger partial charge in [0.05, 0.1) is 5.56 Å². The Kier molecular flexibility index (Phi) is 5.32. The van der Waals surface area contributed by atoms with Crippen molar-refractivity contribution in [1.82, 2.24) is 5.32 Å². The minimum absolute atomic E-state index is 0.255. The molecule has 0 heterocycles. The van der Waals surface area contributed by atoms with Crippen LogP contribution in [0.25, 0.3) is 0 Å². The summed E-state index contributed by atoms with van der Waals surface area (Å²) in [6, 6.07) is 15.4. The van der Waals surface area contributed by atoms with Crippen LogP contribution in [0.3, 0.4) is 0 Å². The maximum Gasteiger partial charge on any atom is 0.326 e. The number of aliphatic carboxylic acids is 1. The lowest BCUT2D eigenvalue weighted by Gasteiger charge is -2.15. The highest BCUT2D eigenvalue weighted by molar-refractivity contribution is 14.1. The summed E-state index contributed by atoms with van der Waals surface area (Å²) in [4.78, 5) is 23.5. The van der Waals surface area contributed by atoms with Crippen LogP contribution in [0, 0.1) is 3.57 Å². The van der Waals surface area contributed by atoms with Gasteiger partial charge in [-0.05, 0) is 40.3 Å². The van der Waals surface area contributed by atoms with Crippen molar-refractivity contribution in [2.24, 2.45) is 0 Å². The molecule has 0 radical (unpaired) electrons. The molecule has 4 nitrogen and oxygen atoms in total. The average Bonchev–Trinajstić information content (AvgIpc) is 2.48. The fourth-order valence-electron chi connectivity index (χ4n) is 1.93. The first-order valence-electron chi connectivity index (χ1n) is 6.40. The molecule has 2 rings (SSSR count). The van der Waals surface area contributed by atoms with Gasteiger partial charge in [0.1, 0.15) is 6.04 Å². The highest BCUT2D eigenvalue weighted by Crippen LogP contribution is 2.12. The van der Waals surface area contributed by atoms with Gasteiger partial charge < -0.3 is 10.4 Å². The van der Waals surface area contributed by atoms with E-state index in [1.807, 2.05) is 42.5 Å². The maximum absolute atomic E-state index is 12.2. The number of benzene rings is 2. The maximum atomic E-state index is 12.2. The molecule has 108 valence electrons. The molecular formula is C16H14INO3. The van der Waals surface area contributed by atoms with Gasteiger partial charge in [-0.2, -0.15) is 0 Å². The van der Waals surface area contributed by atoms with Crippen molar-refractivity contribution in [2.45, 2.75) is 12.5 Å². The average molecular weight is 395 g/mol. The normalized spacial score (nSPS) is 11.7. The largest absolute Gasteiger partial charge is 0.480 e. The van der Waals surface area contributed by atoms with Crippen LogP contribution in [0.5, 0.6) is 0 Å². The summed E-state index contributed by atoms with van der Waals surface area (Å²) in [7, 11) is 0. The number of amides is 1. The minimum Gasteiger partial charge on any atom is -0.480 e. The van der Waals surface area contributed by atoms with Crippen LogP contribution in [0.15, 0.2) is 54.6 Å². The highest BCUT2D eigenvalue weighted by atomic mass is 127. The van der Waals surface area contributed by atoms with Crippen molar-refractivity contribution in [2.75, 3.05) is 0 Å². The van der Waals surface area contributed by atoms with Crippen molar-refractivity contribution in [1.29, 1.82) is 0 Å². The topological polar surface area (TPSA) is 66.4 Å². The van der Waals surface area contributed by atoms with Crippen molar-refractivity contribution in [3.05, 3.63) is 69.3 Å². The summed E-state index contributed by atoms with van der Waals surface area (Å²) in [6.07, 6.45) is 0.255. The molecule has 0 saturated heterocycles. The van der Waals surface area contributed by atoms with Crippen LogP contribution in [0.2, 0.25) is 0 Å². The Labute approximate surface area is 136 Å². The van der Waals surface area contributed by atoms with Crippen LogP contribution in [-0.4, -0.2) is 23.0 Å². The second kappa shape index (κ2) is 7.21. The van der Waals surface area contributed by atoms with Crippen molar-refractivity contribution in [3.63, 3.8) is 0 Å². The van der Waals surface area contributed by atoms with Crippen LogP contribution in [0.4, 0.5) is 0 Å². The van der Waals surface area contributed by atoms with E-state index in [0.717, 1.165) is 9.13 Å². The first-order chi connectivity index (χ1) is 10.1. The third kappa shape index (κ3) is 4.29. The number of carboxylic acid groups (broad SMARTS) is 1. The lowest BCUT2D eigenvalue weighted by Crippen LogP contribution is -2.42. The molecule has 0 aliphatic heterocycles. The SMILES string of the molecule is O=C(N[C@H](Cc1ccccc1)C(=O)O)c1ccccc1I. The zero-order chi connectivity index (χ0) is 15.2. The fourth-order valence-corrected chi connectivity index (χ4v) is 2.56. The molecule has 1 amide bonds. The van der Waals surface area contributed by atoms with Crippen molar-refractivity contribution >= 4 is 34.5 Å². The summed E-state index contributed by atoms with van der Waals surface area (Å²) < 4.78 is 0.788. The molecule has 2 aromatic carbocycles. The lowest BCUT2D eigenvalue weighted by molar-refractivity contribution is -0.139. The van der Waals surface area contributed by atoms with Gasteiger partial charge in [0.15, 0.2) is 0 Å². The van der Waals surface area contributed by atoms with Crippen molar-refractivity contribution in [3.8, 4) is 0 Å². The fraction of sp³-hybridized carbons (Fsp3) is 0.125. The molecule has 0 saturated carbocycles. The highest BCUT2D eigenvalue weighted by Gasteiger charge is 2.21. The van der Waals surface area contributed by atoms with Gasteiger partial charge in [0.25, 0.3) is 5.91 Å². The molecule has 1 atom stereocenters. The van der Waals surface area contributed by atoms with E-state index in [1.165, 1.54) is 0 Å². The standard InChI is InChI=1S/C16H14INO3/c17-13-9-5-4-8-12(13)15(19)18-14(16(20)21)10-11-6-2-1-3-7-11/h1-9,14H,10H2,(H,18,19)(H,20,21)/t14-/m1/s1. The Balaban J connectivity index is 2.12. The smallest absolute Gasteiger partial charge is 0.326 e. The van der Waals surface area contributed by atoms with E-state index in [-0.39, 0.29) is 12.3 Å². The summed E-state index contributed by atoms with van der Waals surface area (Å²) in [6.45, 7) is 0. The third-order valence-electron chi connectivity index (χ3n) is 3.00. The number of rotatable bonds is 5. The third-order valence-corrected chi connectivity index (χ3v) is 3.95. The van der Waals surface area contributed by atoms with Gasteiger partial charge in [-0.3, -0.25) is 4.79 Å². The zero-order valence-corrected chi connectivity index (χ0v) is 13.3. The predicted octanol–water partition coefficient (Wildman–Crippen LogP) is 2.72. The Morgan fingerprint density at radius 3 is 2.29 bits per heavy atom. The summed E-state index contributed by atoms with van der Waals surface area (Å²) in [5.41, 5.74) is 1.35. The molecule has 0 aromatic heterocycles. The number of carbonyl (C=O) groups excluding carboxylic acids is 1. The van der Waals surface area contributed by atoms with Gasteiger partial charge in [-0.25, -0.2) is 4.79 Å². The molecule has 0 bridgehead atoms. The van der Waals surface area contributed by atoms with E-state index in [9.17, 15) is 14.7 Å². The van der Waals surface area contributed by atoms with Crippen LogP contribution < -0.4 is 5.32 Å². The lowest BCUT2D eigenvalue weighted by atomic mass is 10.1. The number of hydrogen-bond donors (Lipinski definition) is 2. The van der Waals surface area contributed by atoms with Gasteiger partial charge in [-0.15, -0.1) is 0 Å². The van der Waals surface area contributed by atoms with E-state index < -0.39 is 12.0 Å². The van der Waals surface area contributed by atoms with Gasteiger partial charge in [0.2, 0.25) is 0 Å². The second-order valence-electron chi connectivity index (χ2n) is 4.53. The molecule has 0 unspecified atom stereocenters. The molecule has 0 aliphatic rings. The Hall–Kier alpha value is -1.89. The molecule has 21 heavy (non-hydrogen) atoms. The van der Waals surface area contributed by atoms with E-state index in [1.54, 1.807) is 12.1 Å². The first-order valence-corrected chi connectivity index (χ1v) is 7.48. The Morgan fingerprint density at radius 1 is 1.05 bits per heavy atom. The van der Waals surface area contributed by atoms with E-state index in [2.05, 4.69) is 27.9 Å². The molecule has 2 N–H and O–H groups in total. The number of nitrogens with one attached hydrogen (secondary N) is 1. The quantitative estimate of drug-likeness (QED) is 0.766.